The van der Waals surface area contributed by atoms with Crippen LogP contribution in [0.2, 0.25) is 0 Å². The molecule has 0 spiro atoms. The summed E-state index contributed by atoms with van der Waals surface area (Å²) in [7, 11) is 2.11. The fraction of sp³-hybridized carbons (Fsp3) is 1.00. The van der Waals surface area contributed by atoms with E-state index in [2.05, 4.69) is 18.9 Å². The molecule has 0 bridgehead atoms. The Morgan fingerprint density at radius 2 is 2.45 bits per heavy atom. The van der Waals surface area contributed by atoms with Crippen molar-refractivity contribution in [2.75, 3.05) is 26.7 Å². The Kier molecular flexibility index (Phi) is 3.30. The van der Waals surface area contributed by atoms with Gasteiger partial charge in [0.15, 0.2) is 0 Å². The van der Waals surface area contributed by atoms with Crippen LogP contribution in [0.5, 0.6) is 0 Å². The van der Waals surface area contributed by atoms with Crippen LogP contribution in [-0.4, -0.2) is 43.8 Å². The lowest BCUT2D eigenvalue weighted by molar-refractivity contribution is -0.0325. The molecule has 66 valence electrons. The summed E-state index contributed by atoms with van der Waals surface area (Å²) in [6.07, 6.45) is 1.25. The molecule has 2 unspecified atom stereocenters. The molecule has 1 aliphatic rings. The highest BCUT2D eigenvalue weighted by Gasteiger charge is 2.22. The van der Waals surface area contributed by atoms with Crippen molar-refractivity contribution in [3.8, 4) is 0 Å². The van der Waals surface area contributed by atoms with Crippen LogP contribution in [0.3, 0.4) is 0 Å². The maximum atomic E-state index is 5.86. The highest BCUT2D eigenvalue weighted by Crippen LogP contribution is 2.07. The number of likely N-dealkylation sites (N-methyl/N-ethyl adjacent to an activating group) is 1. The molecule has 0 aromatic carbocycles. The molecule has 2 N–H and O–H groups in total. The lowest BCUT2D eigenvalue weighted by atomic mass is 10.1. The molecular formula is C8H18N2O. The fourth-order valence-electron chi connectivity index (χ4n) is 1.33. The summed E-state index contributed by atoms with van der Waals surface area (Å²) >= 11 is 0. The molecule has 0 radical (unpaired) electrons. The van der Waals surface area contributed by atoms with Crippen molar-refractivity contribution in [3.05, 3.63) is 0 Å². The molecular weight excluding hydrogens is 140 g/mol. The first-order valence-corrected chi connectivity index (χ1v) is 4.29. The molecule has 0 aliphatic carbocycles. The van der Waals surface area contributed by atoms with E-state index in [4.69, 9.17) is 10.5 Å². The highest BCUT2D eigenvalue weighted by atomic mass is 16.5. The molecule has 0 saturated carbocycles. The predicted octanol–water partition coefficient (Wildman–Crippen LogP) is 0.0543. The molecule has 1 saturated heterocycles. The standard InChI is InChI=1S/C8H18N2O/c1-3-7(9)8-6-10(2)4-5-11-8/h7-8H,3-6,9H2,1-2H3. The first-order valence-electron chi connectivity index (χ1n) is 4.29. The number of hydrogen-bond acceptors (Lipinski definition) is 3. The molecule has 0 amide bonds. The maximum Gasteiger partial charge on any atom is 0.0852 e. The lowest BCUT2D eigenvalue weighted by Crippen LogP contribution is -2.48. The maximum absolute atomic E-state index is 5.86. The Hall–Kier alpha value is -0.120. The smallest absolute Gasteiger partial charge is 0.0852 e. The van der Waals surface area contributed by atoms with E-state index in [0.29, 0.717) is 0 Å². The zero-order valence-electron chi connectivity index (χ0n) is 7.42. The number of morpholine rings is 1. The number of rotatable bonds is 2. The summed E-state index contributed by atoms with van der Waals surface area (Å²) in [6, 6.07) is 0.206. The summed E-state index contributed by atoms with van der Waals surface area (Å²) in [4.78, 5) is 2.27. The monoisotopic (exact) mass is 158 g/mol. The minimum absolute atomic E-state index is 0.206. The SMILES string of the molecule is CCC(N)C1CN(C)CCO1. The van der Waals surface area contributed by atoms with Crippen molar-refractivity contribution in [1.29, 1.82) is 0 Å². The van der Waals surface area contributed by atoms with Crippen LogP contribution in [0.4, 0.5) is 0 Å². The second-order valence-electron chi connectivity index (χ2n) is 3.24. The number of hydrogen-bond donors (Lipinski definition) is 1. The van der Waals surface area contributed by atoms with Gasteiger partial charge in [0.05, 0.1) is 12.7 Å². The van der Waals surface area contributed by atoms with Gasteiger partial charge in [-0.1, -0.05) is 6.92 Å². The van der Waals surface area contributed by atoms with Crippen LogP contribution in [0, 0.1) is 0 Å². The normalized spacial score (nSPS) is 30.3. The molecule has 1 fully saturated rings. The summed E-state index contributed by atoms with van der Waals surface area (Å²) in [6.45, 7) is 4.94. The van der Waals surface area contributed by atoms with Gasteiger partial charge in [0.2, 0.25) is 0 Å². The van der Waals surface area contributed by atoms with Crippen LogP contribution in [0.15, 0.2) is 0 Å². The van der Waals surface area contributed by atoms with Crippen molar-refractivity contribution in [1.82, 2.24) is 4.90 Å². The van der Waals surface area contributed by atoms with E-state index >= 15 is 0 Å². The Morgan fingerprint density at radius 3 is 3.00 bits per heavy atom. The van der Waals surface area contributed by atoms with Gasteiger partial charge in [0.25, 0.3) is 0 Å². The van der Waals surface area contributed by atoms with Crippen LogP contribution >= 0.6 is 0 Å². The summed E-state index contributed by atoms with van der Waals surface area (Å²) < 4.78 is 5.53. The minimum atomic E-state index is 0.206. The quantitative estimate of drug-likeness (QED) is 0.617. The van der Waals surface area contributed by atoms with Gasteiger partial charge in [0, 0.05) is 19.1 Å². The van der Waals surface area contributed by atoms with E-state index in [1.54, 1.807) is 0 Å². The molecule has 1 aliphatic heterocycles. The average molecular weight is 158 g/mol. The second kappa shape index (κ2) is 4.04. The molecule has 2 atom stereocenters. The Morgan fingerprint density at radius 1 is 1.73 bits per heavy atom. The van der Waals surface area contributed by atoms with Crippen LogP contribution in [-0.2, 0) is 4.74 Å². The topological polar surface area (TPSA) is 38.5 Å². The second-order valence-corrected chi connectivity index (χ2v) is 3.24. The zero-order valence-corrected chi connectivity index (χ0v) is 7.42. The third-order valence-corrected chi connectivity index (χ3v) is 2.25. The van der Waals surface area contributed by atoms with Crippen molar-refractivity contribution < 1.29 is 4.74 Å². The Labute approximate surface area is 68.5 Å². The molecule has 11 heavy (non-hydrogen) atoms. The molecule has 0 aromatic heterocycles. The van der Waals surface area contributed by atoms with Crippen LogP contribution in [0.1, 0.15) is 13.3 Å². The van der Waals surface area contributed by atoms with Crippen molar-refractivity contribution >= 4 is 0 Å². The lowest BCUT2D eigenvalue weighted by Gasteiger charge is -2.33. The van der Waals surface area contributed by atoms with E-state index < -0.39 is 0 Å². The van der Waals surface area contributed by atoms with Crippen LogP contribution < -0.4 is 5.73 Å². The molecule has 0 aromatic rings. The van der Waals surface area contributed by atoms with Gasteiger partial charge in [-0.25, -0.2) is 0 Å². The highest BCUT2D eigenvalue weighted by molar-refractivity contribution is 4.77. The van der Waals surface area contributed by atoms with Crippen molar-refractivity contribution in [3.63, 3.8) is 0 Å². The molecule has 3 heteroatoms. The summed E-state index contributed by atoms with van der Waals surface area (Å²) in [5.41, 5.74) is 5.86. The first-order chi connectivity index (χ1) is 5.24. The molecule has 1 heterocycles. The number of nitrogens with zero attached hydrogens (tertiary/aromatic N) is 1. The van der Waals surface area contributed by atoms with Crippen molar-refractivity contribution in [2.45, 2.75) is 25.5 Å². The Balaban J connectivity index is 2.33. The van der Waals surface area contributed by atoms with Gasteiger partial charge in [-0.3, -0.25) is 0 Å². The van der Waals surface area contributed by atoms with E-state index in [1.807, 2.05) is 0 Å². The number of nitrogens with two attached hydrogens (primary N) is 1. The fourth-order valence-corrected chi connectivity index (χ4v) is 1.33. The van der Waals surface area contributed by atoms with Crippen LogP contribution in [0.25, 0.3) is 0 Å². The molecule has 3 nitrogen and oxygen atoms in total. The van der Waals surface area contributed by atoms with Gasteiger partial charge in [-0.2, -0.15) is 0 Å². The predicted molar refractivity (Wildman–Crippen MR) is 45.5 cm³/mol. The van der Waals surface area contributed by atoms with Crippen molar-refractivity contribution in [2.24, 2.45) is 5.73 Å². The van der Waals surface area contributed by atoms with E-state index in [1.165, 1.54) is 0 Å². The summed E-state index contributed by atoms with van der Waals surface area (Å²) in [5, 5.41) is 0. The van der Waals surface area contributed by atoms with E-state index in [-0.39, 0.29) is 12.1 Å². The van der Waals surface area contributed by atoms with E-state index in [0.717, 1.165) is 26.1 Å². The largest absolute Gasteiger partial charge is 0.374 e. The van der Waals surface area contributed by atoms with Gasteiger partial charge >= 0.3 is 0 Å². The van der Waals surface area contributed by atoms with E-state index in [9.17, 15) is 0 Å². The average Bonchev–Trinajstić information content (AvgIpc) is 2.03. The van der Waals surface area contributed by atoms with Gasteiger partial charge in [-0.15, -0.1) is 0 Å². The van der Waals surface area contributed by atoms with Gasteiger partial charge < -0.3 is 15.4 Å². The zero-order chi connectivity index (χ0) is 8.27. The third-order valence-electron chi connectivity index (χ3n) is 2.25. The van der Waals surface area contributed by atoms with Gasteiger partial charge in [-0.05, 0) is 13.5 Å². The minimum Gasteiger partial charge on any atom is -0.374 e. The first kappa shape index (κ1) is 8.97. The summed E-state index contributed by atoms with van der Waals surface area (Å²) in [5.74, 6) is 0. The Bertz CT molecular complexity index is 119. The molecule has 1 rings (SSSR count). The van der Waals surface area contributed by atoms with Gasteiger partial charge in [0.1, 0.15) is 0 Å². The third kappa shape index (κ3) is 2.43. The number of ether oxygens (including phenoxy) is 1.